The number of benzene rings is 2. The van der Waals surface area contributed by atoms with Crippen LogP contribution in [0.5, 0.6) is 0 Å². The normalized spacial score (nSPS) is 15.6. The molecule has 2 aromatic carbocycles. The Kier molecular flexibility index (Phi) is 4.96. The molecule has 0 spiro atoms. The van der Waals surface area contributed by atoms with Crippen molar-refractivity contribution < 1.29 is 0 Å². The maximum Gasteiger partial charge on any atom is 0.203 e. The molecule has 23 heavy (non-hydrogen) atoms. The summed E-state index contributed by atoms with van der Waals surface area (Å²) in [6.45, 7) is 6.35. The molecule has 0 saturated carbocycles. The van der Waals surface area contributed by atoms with Crippen molar-refractivity contribution in [1.82, 2.24) is 4.90 Å². The number of nitrogens with zero attached hydrogens (tertiary/aromatic N) is 2. The fraction of sp³-hybridized carbons (Fsp3) is 0.350. The van der Waals surface area contributed by atoms with Gasteiger partial charge in [0, 0.05) is 18.8 Å². The Hall–Kier alpha value is -2.29. The van der Waals surface area contributed by atoms with E-state index >= 15 is 0 Å². The Morgan fingerprint density at radius 3 is 2.00 bits per heavy atom. The Bertz CT molecular complexity index is 650. The maximum absolute atomic E-state index is 4.87. The van der Waals surface area contributed by atoms with Crippen molar-refractivity contribution in [2.75, 3.05) is 18.4 Å². The molecule has 0 unspecified atom stereocenters. The number of anilines is 1. The summed E-state index contributed by atoms with van der Waals surface area (Å²) >= 11 is 0. The van der Waals surface area contributed by atoms with Crippen LogP contribution in [0, 0.1) is 13.8 Å². The van der Waals surface area contributed by atoms with Gasteiger partial charge in [-0.1, -0.05) is 35.4 Å². The average molecular weight is 307 g/mol. The van der Waals surface area contributed by atoms with Gasteiger partial charge in [-0.05, 0) is 57.4 Å². The van der Waals surface area contributed by atoms with Crippen LogP contribution in [0.3, 0.4) is 0 Å². The predicted octanol–water partition coefficient (Wildman–Crippen LogP) is 4.89. The minimum absolute atomic E-state index is 0.956. The lowest BCUT2D eigenvalue weighted by molar-refractivity contribution is 0.341. The van der Waals surface area contributed by atoms with E-state index in [1.807, 2.05) is 0 Å². The molecule has 1 fully saturated rings. The molecule has 0 amide bonds. The summed E-state index contributed by atoms with van der Waals surface area (Å²) in [5.74, 6) is 0.956. The Morgan fingerprint density at radius 2 is 1.39 bits per heavy atom. The van der Waals surface area contributed by atoms with E-state index in [9.17, 15) is 0 Å². The fourth-order valence-corrected chi connectivity index (χ4v) is 2.79. The van der Waals surface area contributed by atoms with Gasteiger partial charge < -0.3 is 10.2 Å². The Labute approximate surface area is 139 Å². The molecule has 2 aromatic rings. The van der Waals surface area contributed by atoms with Crippen molar-refractivity contribution in [2.24, 2.45) is 4.99 Å². The molecule has 0 radical (unpaired) electrons. The van der Waals surface area contributed by atoms with Crippen LogP contribution in [0.2, 0.25) is 0 Å². The third-order valence-corrected chi connectivity index (χ3v) is 4.23. The van der Waals surface area contributed by atoms with Gasteiger partial charge in [0.25, 0.3) is 0 Å². The number of aryl methyl sites for hydroxylation is 2. The zero-order chi connectivity index (χ0) is 16.1. The highest BCUT2D eigenvalue weighted by Crippen LogP contribution is 2.18. The van der Waals surface area contributed by atoms with Gasteiger partial charge in [-0.15, -0.1) is 0 Å². The van der Waals surface area contributed by atoms with E-state index in [4.69, 9.17) is 4.99 Å². The first-order chi connectivity index (χ1) is 11.2. The number of rotatable bonds is 2. The monoisotopic (exact) mass is 307 g/mol. The smallest absolute Gasteiger partial charge is 0.203 e. The van der Waals surface area contributed by atoms with Crippen LogP contribution in [-0.4, -0.2) is 23.9 Å². The molecule has 1 heterocycles. The first-order valence-electron chi connectivity index (χ1n) is 8.45. The van der Waals surface area contributed by atoms with Crippen LogP contribution in [0.15, 0.2) is 53.5 Å². The van der Waals surface area contributed by atoms with E-state index in [0.29, 0.717) is 0 Å². The molecule has 1 saturated heterocycles. The van der Waals surface area contributed by atoms with Crippen LogP contribution in [-0.2, 0) is 0 Å². The lowest BCUT2D eigenvalue weighted by atomic mass is 10.1. The fourth-order valence-electron chi connectivity index (χ4n) is 2.79. The lowest BCUT2D eigenvalue weighted by Gasteiger charge is -2.30. The van der Waals surface area contributed by atoms with E-state index in [2.05, 4.69) is 72.6 Å². The Morgan fingerprint density at radius 1 is 0.826 bits per heavy atom. The zero-order valence-electron chi connectivity index (χ0n) is 14.0. The molecule has 0 aliphatic carbocycles. The number of nitrogens with one attached hydrogen (secondary N) is 1. The summed E-state index contributed by atoms with van der Waals surface area (Å²) in [7, 11) is 0. The van der Waals surface area contributed by atoms with Crippen LogP contribution < -0.4 is 5.32 Å². The first kappa shape index (κ1) is 15.6. The average Bonchev–Trinajstić information content (AvgIpc) is 2.59. The second kappa shape index (κ2) is 7.32. The van der Waals surface area contributed by atoms with Crippen molar-refractivity contribution in [3.05, 3.63) is 59.7 Å². The van der Waals surface area contributed by atoms with E-state index in [1.165, 1.54) is 30.4 Å². The van der Waals surface area contributed by atoms with Gasteiger partial charge in [-0.3, -0.25) is 0 Å². The van der Waals surface area contributed by atoms with Gasteiger partial charge in [0.05, 0.1) is 5.69 Å². The van der Waals surface area contributed by atoms with Gasteiger partial charge in [0.2, 0.25) is 5.96 Å². The SMILES string of the molecule is Cc1ccc(N=C(Nc2ccc(C)cc2)N2CCCCC2)cc1. The summed E-state index contributed by atoms with van der Waals surface area (Å²) in [6.07, 6.45) is 3.80. The third kappa shape index (κ3) is 4.35. The molecule has 120 valence electrons. The van der Waals surface area contributed by atoms with Gasteiger partial charge in [0.1, 0.15) is 0 Å². The molecule has 0 bridgehead atoms. The van der Waals surface area contributed by atoms with Crippen molar-refractivity contribution in [1.29, 1.82) is 0 Å². The summed E-state index contributed by atoms with van der Waals surface area (Å²) in [6, 6.07) is 16.9. The molecule has 1 aliphatic rings. The van der Waals surface area contributed by atoms with Gasteiger partial charge in [0.15, 0.2) is 0 Å². The second-order valence-electron chi connectivity index (χ2n) is 6.31. The number of piperidine rings is 1. The van der Waals surface area contributed by atoms with Crippen LogP contribution >= 0.6 is 0 Å². The topological polar surface area (TPSA) is 27.6 Å². The molecule has 0 atom stereocenters. The van der Waals surface area contributed by atoms with Crippen molar-refractivity contribution >= 4 is 17.3 Å². The molecular formula is C20H25N3. The number of guanidine groups is 1. The molecular weight excluding hydrogens is 282 g/mol. The van der Waals surface area contributed by atoms with Crippen LogP contribution in [0.1, 0.15) is 30.4 Å². The van der Waals surface area contributed by atoms with E-state index in [-0.39, 0.29) is 0 Å². The Balaban J connectivity index is 1.86. The number of aliphatic imine (C=N–C) groups is 1. The molecule has 3 nitrogen and oxygen atoms in total. The molecule has 3 heteroatoms. The summed E-state index contributed by atoms with van der Waals surface area (Å²) < 4.78 is 0. The quantitative estimate of drug-likeness (QED) is 0.632. The van der Waals surface area contributed by atoms with E-state index < -0.39 is 0 Å². The number of hydrogen-bond donors (Lipinski definition) is 1. The summed E-state index contributed by atoms with van der Waals surface area (Å²) in [5, 5.41) is 3.51. The molecule has 1 aliphatic heterocycles. The zero-order valence-corrected chi connectivity index (χ0v) is 14.0. The standard InChI is InChI=1S/C20H25N3/c1-16-6-10-18(11-7-16)21-20(23-14-4-3-5-15-23)22-19-12-8-17(2)9-13-19/h6-13H,3-5,14-15H2,1-2H3,(H,21,22). The number of likely N-dealkylation sites (tertiary alicyclic amines) is 1. The van der Waals surface area contributed by atoms with Crippen LogP contribution in [0.4, 0.5) is 11.4 Å². The van der Waals surface area contributed by atoms with Crippen molar-refractivity contribution in [2.45, 2.75) is 33.1 Å². The first-order valence-corrected chi connectivity index (χ1v) is 8.45. The van der Waals surface area contributed by atoms with E-state index in [1.54, 1.807) is 0 Å². The van der Waals surface area contributed by atoms with Crippen molar-refractivity contribution in [3.63, 3.8) is 0 Å². The van der Waals surface area contributed by atoms with E-state index in [0.717, 1.165) is 30.4 Å². The molecule has 0 aromatic heterocycles. The minimum atomic E-state index is 0.956. The van der Waals surface area contributed by atoms with Gasteiger partial charge >= 0.3 is 0 Å². The highest BCUT2D eigenvalue weighted by atomic mass is 15.3. The lowest BCUT2D eigenvalue weighted by Crippen LogP contribution is -2.39. The molecule has 1 N–H and O–H groups in total. The minimum Gasteiger partial charge on any atom is -0.342 e. The van der Waals surface area contributed by atoms with Gasteiger partial charge in [-0.2, -0.15) is 0 Å². The number of hydrogen-bond acceptors (Lipinski definition) is 1. The summed E-state index contributed by atoms with van der Waals surface area (Å²) in [4.78, 5) is 7.24. The highest BCUT2D eigenvalue weighted by Gasteiger charge is 2.15. The maximum atomic E-state index is 4.87. The van der Waals surface area contributed by atoms with Crippen molar-refractivity contribution in [3.8, 4) is 0 Å². The third-order valence-electron chi connectivity index (χ3n) is 4.23. The van der Waals surface area contributed by atoms with Gasteiger partial charge in [-0.25, -0.2) is 4.99 Å². The largest absolute Gasteiger partial charge is 0.342 e. The highest BCUT2D eigenvalue weighted by molar-refractivity contribution is 5.95. The predicted molar refractivity (Wildman–Crippen MR) is 98.5 cm³/mol. The summed E-state index contributed by atoms with van der Waals surface area (Å²) in [5.41, 5.74) is 4.61. The second-order valence-corrected chi connectivity index (χ2v) is 6.31. The molecule has 3 rings (SSSR count). The van der Waals surface area contributed by atoms with Crippen LogP contribution in [0.25, 0.3) is 0 Å².